The molecule has 0 radical (unpaired) electrons. The number of anilines is 1. The molecule has 3 heterocycles. The van der Waals surface area contributed by atoms with Crippen LogP contribution in [0.25, 0.3) is 0 Å². The van der Waals surface area contributed by atoms with Crippen LogP contribution in [0.2, 0.25) is 0 Å². The van der Waals surface area contributed by atoms with E-state index in [-0.39, 0.29) is 5.91 Å². The van der Waals surface area contributed by atoms with Crippen LogP contribution in [0.4, 0.5) is 5.69 Å². The number of aryl methyl sites for hydroxylation is 1. The highest BCUT2D eigenvalue weighted by Crippen LogP contribution is 2.21. The highest BCUT2D eigenvalue weighted by Gasteiger charge is 2.24. The minimum atomic E-state index is 0.211. The molecule has 0 atom stereocenters. The van der Waals surface area contributed by atoms with E-state index in [9.17, 15) is 4.79 Å². The lowest BCUT2D eigenvalue weighted by Crippen LogP contribution is -2.47. The summed E-state index contributed by atoms with van der Waals surface area (Å²) >= 11 is 0. The third-order valence-electron chi connectivity index (χ3n) is 6.27. The van der Waals surface area contributed by atoms with E-state index >= 15 is 0 Å². The third kappa shape index (κ3) is 4.42. The molecule has 6 nitrogen and oxygen atoms in total. The van der Waals surface area contributed by atoms with E-state index < -0.39 is 0 Å². The van der Waals surface area contributed by atoms with Crippen LogP contribution >= 0.6 is 0 Å². The van der Waals surface area contributed by atoms with E-state index in [2.05, 4.69) is 31.4 Å². The maximum atomic E-state index is 12.9. The van der Waals surface area contributed by atoms with Gasteiger partial charge >= 0.3 is 0 Å². The molecule has 156 valence electrons. The van der Waals surface area contributed by atoms with Gasteiger partial charge in [0.15, 0.2) is 0 Å². The molecule has 0 spiro atoms. The quantitative estimate of drug-likeness (QED) is 0.753. The first-order valence-corrected chi connectivity index (χ1v) is 10.7. The zero-order valence-electron chi connectivity index (χ0n) is 17.6. The van der Waals surface area contributed by atoms with Crippen LogP contribution in [0.3, 0.4) is 0 Å². The van der Waals surface area contributed by atoms with Crippen molar-refractivity contribution < 1.29 is 9.53 Å². The third-order valence-corrected chi connectivity index (χ3v) is 6.27. The van der Waals surface area contributed by atoms with Gasteiger partial charge < -0.3 is 19.1 Å². The van der Waals surface area contributed by atoms with Gasteiger partial charge in [0.1, 0.15) is 5.75 Å². The Morgan fingerprint density at radius 3 is 2.45 bits per heavy atom. The summed E-state index contributed by atoms with van der Waals surface area (Å²) in [6.45, 7) is 7.02. The summed E-state index contributed by atoms with van der Waals surface area (Å²) in [7, 11) is 3.74. The number of piperazine rings is 1. The number of hydrogen-bond donors (Lipinski definition) is 0. The average Bonchev–Trinajstić information content (AvgIpc) is 3.05. The predicted molar refractivity (Wildman–Crippen MR) is 116 cm³/mol. The molecule has 0 N–H and O–H groups in total. The minimum Gasteiger partial charge on any atom is -0.497 e. The molecule has 2 aliphatic heterocycles. The number of amides is 1. The second kappa shape index (κ2) is 8.91. The number of nitrogens with zero attached hydrogens (tertiary/aromatic N) is 4. The number of methoxy groups -OCH3 is 1. The van der Waals surface area contributed by atoms with E-state index in [0.29, 0.717) is 0 Å². The number of fused-ring (bicyclic) bond motifs is 1. The van der Waals surface area contributed by atoms with Crippen molar-refractivity contribution in [1.29, 1.82) is 0 Å². The fourth-order valence-corrected chi connectivity index (χ4v) is 4.50. The monoisotopic (exact) mass is 396 g/mol. The van der Waals surface area contributed by atoms with Crippen molar-refractivity contribution in [3.63, 3.8) is 0 Å². The minimum absolute atomic E-state index is 0.211. The lowest BCUT2D eigenvalue weighted by atomic mass is 10.2. The molecule has 0 bridgehead atoms. The highest BCUT2D eigenvalue weighted by molar-refractivity contribution is 5.95. The first-order valence-electron chi connectivity index (χ1n) is 10.7. The molecule has 0 aliphatic carbocycles. The summed E-state index contributed by atoms with van der Waals surface area (Å²) in [6, 6.07) is 10.3. The smallest absolute Gasteiger partial charge is 0.255 e. The molecule has 2 aliphatic rings. The first-order chi connectivity index (χ1) is 14.2. The van der Waals surface area contributed by atoms with Crippen LogP contribution < -0.4 is 9.64 Å². The number of carbonyl (C=O) groups is 1. The van der Waals surface area contributed by atoms with E-state index in [1.54, 1.807) is 7.11 Å². The molecular formula is C23H32N4O2. The fourth-order valence-electron chi connectivity index (χ4n) is 4.50. The predicted octanol–water partition coefficient (Wildman–Crippen LogP) is 2.63. The standard InChI is InChI=1S/C23H32N4O2/c1-24-14-10-21-22(24)5-3-12-27(23(21)28)13-4-11-25-15-17-26(18-16-25)19-6-8-20(29-2)9-7-19/h6-10,14H,3-5,11-13,15-18H2,1-2H3. The molecule has 1 fully saturated rings. The van der Waals surface area contributed by atoms with Gasteiger partial charge in [0.2, 0.25) is 0 Å². The summed E-state index contributed by atoms with van der Waals surface area (Å²) in [4.78, 5) is 19.9. The van der Waals surface area contributed by atoms with Gasteiger partial charge in [-0.25, -0.2) is 0 Å². The van der Waals surface area contributed by atoms with Crippen LogP contribution in [-0.4, -0.2) is 73.2 Å². The van der Waals surface area contributed by atoms with Crippen molar-refractivity contribution in [2.75, 3.05) is 57.8 Å². The Morgan fingerprint density at radius 2 is 1.72 bits per heavy atom. The number of rotatable bonds is 6. The van der Waals surface area contributed by atoms with E-state index in [4.69, 9.17) is 4.74 Å². The average molecular weight is 397 g/mol. The Morgan fingerprint density at radius 1 is 0.966 bits per heavy atom. The normalized spacial score (nSPS) is 17.9. The molecule has 1 aromatic carbocycles. The molecule has 1 amide bonds. The van der Waals surface area contributed by atoms with E-state index in [1.807, 2.05) is 31.4 Å². The van der Waals surface area contributed by atoms with Crippen LogP contribution in [0, 0.1) is 0 Å². The molecule has 0 unspecified atom stereocenters. The van der Waals surface area contributed by atoms with Gasteiger partial charge in [-0.2, -0.15) is 0 Å². The Kier molecular flexibility index (Phi) is 6.09. The molecule has 4 rings (SSSR count). The van der Waals surface area contributed by atoms with Crippen molar-refractivity contribution in [1.82, 2.24) is 14.4 Å². The lowest BCUT2D eigenvalue weighted by Gasteiger charge is -2.36. The zero-order chi connectivity index (χ0) is 20.2. The zero-order valence-corrected chi connectivity index (χ0v) is 17.6. The van der Waals surface area contributed by atoms with Gasteiger partial charge in [0.25, 0.3) is 5.91 Å². The van der Waals surface area contributed by atoms with Gasteiger partial charge in [0.05, 0.1) is 12.7 Å². The number of aromatic nitrogens is 1. The fraction of sp³-hybridized carbons (Fsp3) is 0.522. The summed E-state index contributed by atoms with van der Waals surface area (Å²) in [5, 5.41) is 0. The van der Waals surface area contributed by atoms with Crippen molar-refractivity contribution in [3.8, 4) is 5.75 Å². The lowest BCUT2D eigenvalue weighted by molar-refractivity contribution is 0.0753. The van der Waals surface area contributed by atoms with Gasteiger partial charge in [0, 0.05) is 63.9 Å². The first kappa shape index (κ1) is 19.8. The second-order valence-corrected chi connectivity index (χ2v) is 8.06. The van der Waals surface area contributed by atoms with Crippen LogP contribution in [0.15, 0.2) is 36.5 Å². The SMILES string of the molecule is COc1ccc(N2CCN(CCCN3CCCc4c(ccn4C)C3=O)CC2)cc1. The van der Waals surface area contributed by atoms with Crippen molar-refractivity contribution in [2.24, 2.45) is 7.05 Å². The topological polar surface area (TPSA) is 41.0 Å². The van der Waals surface area contributed by atoms with Gasteiger partial charge in [-0.05, 0) is 56.1 Å². The Balaban J connectivity index is 1.23. The Labute approximate surface area is 173 Å². The van der Waals surface area contributed by atoms with Crippen molar-refractivity contribution in [3.05, 3.63) is 47.8 Å². The summed E-state index contributed by atoms with van der Waals surface area (Å²) < 4.78 is 7.34. The largest absolute Gasteiger partial charge is 0.497 e. The van der Waals surface area contributed by atoms with Gasteiger partial charge in [-0.1, -0.05) is 0 Å². The number of carbonyl (C=O) groups excluding carboxylic acids is 1. The number of ether oxygens (including phenoxy) is 1. The maximum absolute atomic E-state index is 12.9. The van der Waals surface area contributed by atoms with Crippen LogP contribution in [0.1, 0.15) is 28.9 Å². The van der Waals surface area contributed by atoms with Crippen molar-refractivity contribution >= 4 is 11.6 Å². The van der Waals surface area contributed by atoms with E-state index in [1.165, 1.54) is 11.4 Å². The summed E-state index contributed by atoms with van der Waals surface area (Å²) in [5.74, 6) is 1.11. The summed E-state index contributed by atoms with van der Waals surface area (Å²) in [6.07, 6.45) is 5.09. The molecule has 1 saturated heterocycles. The molecule has 6 heteroatoms. The number of benzene rings is 1. The van der Waals surface area contributed by atoms with Crippen LogP contribution in [-0.2, 0) is 13.5 Å². The van der Waals surface area contributed by atoms with Gasteiger partial charge in [-0.3, -0.25) is 9.69 Å². The second-order valence-electron chi connectivity index (χ2n) is 8.06. The Bertz CT molecular complexity index is 822. The molecular weight excluding hydrogens is 364 g/mol. The van der Waals surface area contributed by atoms with Gasteiger partial charge in [-0.15, -0.1) is 0 Å². The molecule has 1 aromatic heterocycles. The highest BCUT2D eigenvalue weighted by atomic mass is 16.5. The Hall–Kier alpha value is -2.47. The molecule has 0 saturated carbocycles. The van der Waals surface area contributed by atoms with Crippen molar-refractivity contribution in [2.45, 2.75) is 19.3 Å². The molecule has 29 heavy (non-hydrogen) atoms. The van der Waals surface area contributed by atoms with Crippen LogP contribution in [0.5, 0.6) is 5.75 Å². The van der Waals surface area contributed by atoms with E-state index in [0.717, 1.165) is 76.4 Å². The molecule has 2 aromatic rings. The number of hydrogen-bond acceptors (Lipinski definition) is 4. The maximum Gasteiger partial charge on any atom is 0.255 e. The summed E-state index contributed by atoms with van der Waals surface area (Å²) in [5.41, 5.74) is 3.35.